The Hall–Kier alpha value is -1.41. The van der Waals surface area contributed by atoms with E-state index in [1.807, 2.05) is 14.1 Å². The van der Waals surface area contributed by atoms with E-state index >= 15 is 0 Å². The Morgan fingerprint density at radius 3 is 2.35 bits per heavy atom. The number of carbonyl (C=O) groups is 1. The Bertz CT molecular complexity index is 560. The summed E-state index contributed by atoms with van der Waals surface area (Å²) in [7, 11) is 4.10. The summed E-state index contributed by atoms with van der Waals surface area (Å²) in [5.41, 5.74) is 3.66. The zero-order chi connectivity index (χ0) is 17.0. The molecule has 2 rings (SSSR count). The number of rotatable bonds is 3. The molecule has 0 radical (unpaired) electrons. The summed E-state index contributed by atoms with van der Waals surface area (Å²) in [4.78, 5) is 14.9. The fraction of sp³-hybridized carbons (Fsp3) is 0.571. The van der Waals surface area contributed by atoms with Crippen molar-refractivity contribution in [1.82, 2.24) is 4.90 Å². The molecule has 0 heterocycles. The van der Waals surface area contributed by atoms with Gasteiger partial charge in [0.2, 0.25) is 0 Å². The predicted molar refractivity (Wildman–Crippen MR) is 98.6 cm³/mol. The molecule has 1 saturated carbocycles. The molecule has 0 spiro atoms. The van der Waals surface area contributed by atoms with Crippen LogP contribution in [0.25, 0.3) is 6.08 Å². The van der Waals surface area contributed by atoms with Crippen LogP contribution in [0, 0.1) is 5.92 Å². The third-order valence-corrected chi connectivity index (χ3v) is 4.64. The normalized spacial score (nSPS) is 21.7. The third-order valence-electron chi connectivity index (χ3n) is 4.64. The lowest BCUT2D eigenvalue weighted by Crippen LogP contribution is -2.27. The van der Waals surface area contributed by atoms with Gasteiger partial charge in [0.05, 0.1) is 0 Å². The van der Waals surface area contributed by atoms with Crippen molar-refractivity contribution in [2.24, 2.45) is 5.92 Å². The third kappa shape index (κ3) is 5.04. The lowest BCUT2D eigenvalue weighted by Gasteiger charge is -2.19. The maximum atomic E-state index is 12.8. The highest BCUT2D eigenvalue weighted by Gasteiger charge is 2.25. The highest BCUT2D eigenvalue weighted by Crippen LogP contribution is 2.27. The number of nitrogens with zero attached hydrogens (tertiary/aromatic N) is 1. The Kier molecular flexibility index (Phi) is 5.80. The van der Waals surface area contributed by atoms with Gasteiger partial charge in [0, 0.05) is 12.5 Å². The number of carbonyl (C=O) groups excluding carboxylic acids is 1. The first-order valence-electron chi connectivity index (χ1n) is 8.77. The van der Waals surface area contributed by atoms with Crippen molar-refractivity contribution in [2.45, 2.75) is 51.9 Å². The van der Waals surface area contributed by atoms with Gasteiger partial charge in [-0.05, 0) is 61.5 Å². The van der Waals surface area contributed by atoms with Crippen LogP contribution < -0.4 is 0 Å². The quantitative estimate of drug-likeness (QED) is 0.596. The number of ketones is 1. The first-order valence-corrected chi connectivity index (χ1v) is 8.77. The lowest BCUT2D eigenvalue weighted by molar-refractivity contribution is -0.119. The summed E-state index contributed by atoms with van der Waals surface area (Å²) < 4.78 is 0. The van der Waals surface area contributed by atoms with E-state index in [0.29, 0.717) is 5.78 Å². The minimum absolute atomic E-state index is 0.160. The topological polar surface area (TPSA) is 20.3 Å². The van der Waals surface area contributed by atoms with Crippen molar-refractivity contribution in [3.8, 4) is 0 Å². The number of benzene rings is 1. The van der Waals surface area contributed by atoms with Crippen LogP contribution in [0.3, 0.4) is 0 Å². The molecule has 0 bridgehead atoms. The molecule has 23 heavy (non-hydrogen) atoms. The molecule has 1 atom stereocenters. The summed E-state index contributed by atoms with van der Waals surface area (Å²) in [6, 6.07) is 8.66. The molecule has 0 N–H and O–H groups in total. The Balaban J connectivity index is 2.20. The van der Waals surface area contributed by atoms with Crippen molar-refractivity contribution < 1.29 is 4.79 Å². The molecule has 1 aromatic rings. The molecule has 0 saturated heterocycles. The highest BCUT2D eigenvalue weighted by molar-refractivity contribution is 6.01. The standard InChI is InChI=1S/C21H31NO/c1-21(2,3)19-12-10-16(11-13-19)14-17-8-6-7-9-18(20(17)23)15-22(4)5/h10-14,18H,6-9,15H2,1-5H3. The van der Waals surface area contributed by atoms with Crippen LogP contribution in [0.5, 0.6) is 0 Å². The number of allylic oxidation sites excluding steroid dienone is 1. The molecule has 2 nitrogen and oxygen atoms in total. The van der Waals surface area contributed by atoms with Gasteiger partial charge in [0.15, 0.2) is 5.78 Å². The first-order chi connectivity index (χ1) is 10.8. The maximum Gasteiger partial charge on any atom is 0.163 e. The molecule has 0 aliphatic heterocycles. The molecular weight excluding hydrogens is 282 g/mol. The van der Waals surface area contributed by atoms with Gasteiger partial charge in [-0.1, -0.05) is 51.5 Å². The van der Waals surface area contributed by atoms with Gasteiger partial charge in [-0.2, -0.15) is 0 Å². The van der Waals surface area contributed by atoms with Crippen molar-refractivity contribution in [2.75, 3.05) is 20.6 Å². The van der Waals surface area contributed by atoms with E-state index in [9.17, 15) is 4.79 Å². The van der Waals surface area contributed by atoms with Crippen LogP contribution in [-0.4, -0.2) is 31.3 Å². The lowest BCUT2D eigenvalue weighted by atomic mass is 9.86. The molecular formula is C21H31NO. The van der Waals surface area contributed by atoms with E-state index in [4.69, 9.17) is 0 Å². The minimum atomic E-state index is 0.160. The van der Waals surface area contributed by atoms with Crippen LogP contribution in [0.15, 0.2) is 29.8 Å². The fourth-order valence-corrected chi connectivity index (χ4v) is 3.26. The molecule has 126 valence electrons. The van der Waals surface area contributed by atoms with Gasteiger partial charge < -0.3 is 4.90 Å². The highest BCUT2D eigenvalue weighted by atomic mass is 16.1. The van der Waals surface area contributed by atoms with Crippen LogP contribution in [0.2, 0.25) is 0 Å². The number of hydrogen-bond donors (Lipinski definition) is 0. The van der Waals surface area contributed by atoms with Crippen LogP contribution in [0.4, 0.5) is 0 Å². The van der Waals surface area contributed by atoms with E-state index in [1.54, 1.807) is 0 Å². The van der Waals surface area contributed by atoms with Crippen molar-refractivity contribution >= 4 is 11.9 Å². The molecule has 2 heteroatoms. The predicted octanol–water partition coefficient (Wildman–Crippen LogP) is 4.69. The Labute approximate surface area is 141 Å². The second kappa shape index (κ2) is 7.44. The van der Waals surface area contributed by atoms with Gasteiger partial charge in [0.25, 0.3) is 0 Å². The minimum Gasteiger partial charge on any atom is -0.309 e. The zero-order valence-electron chi connectivity index (χ0n) is 15.4. The first kappa shape index (κ1) is 17.9. The second-order valence-electron chi connectivity index (χ2n) is 8.11. The fourth-order valence-electron chi connectivity index (χ4n) is 3.26. The van der Waals surface area contributed by atoms with Gasteiger partial charge in [-0.15, -0.1) is 0 Å². The van der Waals surface area contributed by atoms with E-state index < -0.39 is 0 Å². The Morgan fingerprint density at radius 1 is 1.13 bits per heavy atom. The van der Waals surface area contributed by atoms with Crippen LogP contribution in [-0.2, 0) is 10.2 Å². The average Bonchev–Trinajstić information content (AvgIpc) is 2.62. The van der Waals surface area contributed by atoms with Crippen LogP contribution >= 0.6 is 0 Å². The van der Waals surface area contributed by atoms with E-state index in [0.717, 1.165) is 43.4 Å². The summed E-state index contributed by atoms with van der Waals surface area (Å²) in [5.74, 6) is 0.517. The smallest absolute Gasteiger partial charge is 0.163 e. The SMILES string of the molecule is CN(C)CC1CCCCC(=Cc2ccc(C(C)(C)C)cc2)C1=O. The average molecular weight is 313 g/mol. The van der Waals surface area contributed by atoms with Crippen molar-refractivity contribution in [3.05, 3.63) is 41.0 Å². The molecule has 1 fully saturated rings. The van der Waals surface area contributed by atoms with E-state index in [-0.39, 0.29) is 11.3 Å². The summed E-state index contributed by atoms with van der Waals surface area (Å²) >= 11 is 0. The van der Waals surface area contributed by atoms with Crippen molar-refractivity contribution in [1.29, 1.82) is 0 Å². The molecule has 1 aromatic carbocycles. The van der Waals surface area contributed by atoms with Crippen LogP contribution in [0.1, 0.15) is 57.6 Å². The van der Waals surface area contributed by atoms with Gasteiger partial charge in [-0.25, -0.2) is 0 Å². The Morgan fingerprint density at radius 2 is 1.78 bits per heavy atom. The number of Topliss-reactive ketones (excluding diaryl/α,β-unsaturated/α-hetero) is 1. The molecule has 1 unspecified atom stereocenters. The zero-order valence-corrected chi connectivity index (χ0v) is 15.4. The summed E-state index contributed by atoms with van der Waals surface area (Å²) in [5, 5.41) is 0. The molecule has 0 amide bonds. The van der Waals surface area contributed by atoms with E-state index in [1.165, 1.54) is 5.56 Å². The van der Waals surface area contributed by atoms with Gasteiger partial charge in [-0.3, -0.25) is 4.79 Å². The summed E-state index contributed by atoms with van der Waals surface area (Å²) in [6.07, 6.45) is 6.34. The molecule has 1 aliphatic carbocycles. The van der Waals surface area contributed by atoms with Gasteiger partial charge in [0.1, 0.15) is 0 Å². The monoisotopic (exact) mass is 313 g/mol. The molecule has 0 aromatic heterocycles. The largest absolute Gasteiger partial charge is 0.309 e. The van der Waals surface area contributed by atoms with Crippen molar-refractivity contribution in [3.63, 3.8) is 0 Å². The number of hydrogen-bond acceptors (Lipinski definition) is 2. The molecule has 1 aliphatic rings. The summed E-state index contributed by atoms with van der Waals surface area (Å²) in [6.45, 7) is 7.53. The van der Waals surface area contributed by atoms with Gasteiger partial charge >= 0.3 is 0 Å². The maximum absolute atomic E-state index is 12.8. The van der Waals surface area contributed by atoms with E-state index in [2.05, 4.69) is 56.0 Å². The second-order valence-corrected chi connectivity index (χ2v) is 8.11.